The molecule has 1 saturated carbocycles. The third kappa shape index (κ3) is 2.47. The van der Waals surface area contributed by atoms with Gasteiger partial charge in [-0.2, -0.15) is 0 Å². The lowest BCUT2D eigenvalue weighted by molar-refractivity contribution is -0.155. The van der Waals surface area contributed by atoms with E-state index in [9.17, 15) is 4.79 Å². The fraction of sp³-hybridized carbons (Fsp3) is 0.588. The van der Waals surface area contributed by atoms with Crippen molar-refractivity contribution >= 4 is 5.97 Å². The molecule has 0 spiro atoms. The zero-order valence-electron chi connectivity index (χ0n) is 12.2. The molecule has 1 aromatic carbocycles. The summed E-state index contributed by atoms with van der Waals surface area (Å²) in [6.45, 7) is 1.90. The van der Waals surface area contributed by atoms with E-state index in [4.69, 9.17) is 4.74 Å². The second-order valence-corrected chi connectivity index (χ2v) is 6.23. The average Bonchev–Trinajstić information content (AvgIpc) is 3.10. The molecule has 2 fully saturated rings. The number of carbonyl (C=O) groups is 1. The maximum Gasteiger partial charge on any atom is 0.316 e. The van der Waals surface area contributed by atoms with E-state index in [1.165, 1.54) is 0 Å². The highest BCUT2D eigenvalue weighted by Crippen LogP contribution is 2.42. The summed E-state index contributed by atoms with van der Waals surface area (Å²) in [5.74, 6) is 0.00139. The van der Waals surface area contributed by atoms with Crippen LogP contribution in [0.25, 0.3) is 0 Å². The quantitative estimate of drug-likeness (QED) is 0.793. The predicted octanol–water partition coefficient (Wildman–Crippen LogP) is 2.75. The van der Waals surface area contributed by atoms with Gasteiger partial charge in [0.25, 0.3) is 0 Å². The van der Waals surface area contributed by atoms with E-state index < -0.39 is 0 Å². The molecule has 0 aromatic heterocycles. The second kappa shape index (κ2) is 5.57. The van der Waals surface area contributed by atoms with Gasteiger partial charge in [0, 0.05) is 13.1 Å². The monoisotopic (exact) mass is 273 g/mol. The second-order valence-electron chi connectivity index (χ2n) is 6.23. The van der Waals surface area contributed by atoms with Crippen molar-refractivity contribution in [2.75, 3.05) is 20.1 Å². The third-order valence-electron chi connectivity index (χ3n) is 4.80. The molecule has 3 rings (SSSR count). The topological polar surface area (TPSA) is 29.5 Å². The number of hydrogen-bond donors (Lipinski definition) is 0. The van der Waals surface area contributed by atoms with Gasteiger partial charge in [-0.15, -0.1) is 0 Å². The molecule has 3 heteroatoms. The molecule has 1 saturated heterocycles. The van der Waals surface area contributed by atoms with Crippen LogP contribution < -0.4 is 0 Å². The van der Waals surface area contributed by atoms with Crippen LogP contribution in [0.2, 0.25) is 0 Å². The number of rotatable bonds is 3. The van der Waals surface area contributed by atoms with Gasteiger partial charge >= 0.3 is 5.97 Å². The minimum atomic E-state index is -0.386. The molecular weight excluding hydrogens is 250 g/mol. The molecule has 3 nitrogen and oxygen atoms in total. The van der Waals surface area contributed by atoms with E-state index in [0.717, 1.165) is 50.8 Å². The van der Waals surface area contributed by atoms with Crippen LogP contribution in [-0.4, -0.2) is 37.1 Å². The van der Waals surface area contributed by atoms with E-state index in [1.54, 1.807) is 0 Å². The van der Waals surface area contributed by atoms with Gasteiger partial charge in [-0.1, -0.05) is 43.2 Å². The van der Waals surface area contributed by atoms with Gasteiger partial charge < -0.3 is 9.64 Å². The Kier molecular flexibility index (Phi) is 3.79. The lowest BCUT2D eigenvalue weighted by atomic mass is 9.79. The maximum absolute atomic E-state index is 12.8. The standard InChI is InChI=1S/C17H23NO2/c1-18-12-9-15(13-18)20-16(19)17(10-5-6-11-17)14-7-3-2-4-8-14/h2-4,7-8,15H,5-6,9-13H2,1H3/t15-/m1/s1. The molecule has 1 heterocycles. The Hall–Kier alpha value is -1.35. The molecule has 2 aliphatic rings. The van der Waals surface area contributed by atoms with Gasteiger partial charge in [-0.25, -0.2) is 0 Å². The molecule has 1 aliphatic heterocycles. The molecule has 0 N–H and O–H groups in total. The summed E-state index contributed by atoms with van der Waals surface area (Å²) in [6, 6.07) is 10.2. The van der Waals surface area contributed by atoms with E-state index >= 15 is 0 Å². The van der Waals surface area contributed by atoms with E-state index in [1.807, 2.05) is 18.2 Å². The number of hydrogen-bond acceptors (Lipinski definition) is 3. The first-order valence-electron chi connectivity index (χ1n) is 7.66. The van der Waals surface area contributed by atoms with Gasteiger partial charge in [0.1, 0.15) is 6.10 Å². The fourth-order valence-electron chi connectivity index (χ4n) is 3.60. The van der Waals surface area contributed by atoms with Crippen LogP contribution in [0, 0.1) is 0 Å². The average molecular weight is 273 g/mol. The molecule has 108 valence electrons. The van der Waals surface area contributed by atoms with Crippen LogP contribution in [0.15, 0.2) is 30.3 Å². The van der Waals surface area contributed by atoms with Gasteiger partial charge in [0.05, 0.1) is 5.41 Å². The molecule has 0 radical (unpaired) electrons. The van der Waals surface area contributed by atoms with Crippen LogP contribution >= 0.6 is 0 Å². The van der Waals surface area contributed by atoms with Crippen molar-refractivity contribution in [1.82, 2.24) is 4.90 Å². The van der Waals surface area contributed by atoms with Crippen molar-refractivity contribution in [2.45, 2.75) is 43.6 Å². The van der Waals surface area contributed by atoms with Gasteiger partial charge in [0.2, 0.25) is 0 Å². The van der Waals surface area contributed by atoms with E-state index in [-0.39, 0.29) is 17.5 Å². The maximum atomic E-state index is 12.8. The third-order valence-corrected chi connectivity index (χ3v) is 4.80. The van der Waals surface area contributed by atoms with Gasteiger partial charge in [-0.05, 0) is 31.9 Å². The summed E-state index contributed by atoms with van der Waals surface area (Å²) in [7, 11) is 2.08. The number of carbonyl (C=O) groups excluding carboxylic acids is 1. The van der Waals surface area contributed by atoms with Crippen molar-refractivity contribution in [2.24, 2.45) is 0 Å². The highest BCUT2D eigenvalue weighted by atomic mass is 16.5. The number of ether oxygens (including phenoxy) is 1. The summed E-state index contributed by atoms with van der Waals surface area (Å²) >= 11 is 0. The zero-order chi connectivity index (χ0) is 14.0. The first-order chi connectivity index (χ1) is 9.71. The summed E-state index contributed by atoms with van der Waals surface area (Å²) in [6.07, 6.45) is 5.14. The lowest BCUT2D eigenvalue weighted by Crippen LogP contribution is -2.37. The van der Waals surface area contributed by atoms with Crippen molar-refractivity contribution < 1.29 is 9.53 Å². The molecular formula is C17H23NO2. The molecule has 0 bridgehead atoms. The highest BCUT2D eigenvalue weighted by molar-refractivity contribution is 5.83. The van der Waals surface area contributed by atoms with Crippen LogP contribution in [0.5, 0.6) is 0 Å². The van der Waals surface area contributed by atoms with E-state index in [2.05, 4.69) is 24.1 Å². The number of likely N-dealkylation sites (tertiary alicyclic amines) is 1. The molecule has 20 heavy (non-hydrogen) atoms. The highest BCUT2D eigenvalue weighted by Gasteiger charge is 2.45. The first kappa shape index (κ1) is 13.6. The van der Waals surface area contributed by atoms with Crippen LogP contribution in [0.4, 0.5) is 0 Å². The van der Waals surface area contributed by atoms with E-state index in [0.29, 0.717) is 0 Å². The minimum absolute atomic E-state index is 0.00139. The fourth-order valence-corrected chi connectivity index (χ4v) is 3.60. The summed E-state index contributed by atoms with van der Waals surface area (Å²) in [4.78, 5) is 15.0. The molecule has 1 atom stereocenters. The first-order valence-corrected chi connectivity index (χ1v) is 7.66. The Morgan fingerprint density at radius 1 is 1.25 bits per heavy atom. The molecule has 1 aromatic rings. The Balaban J connectivity index is 1.78. The zero-order valence-corrected chi connectivity index (χ0v) is 12.2. The minimum Gasteiger partial charge on any atom is -0.460 e. The van der Waals surface area contributed by atoms with Crippen molar-refractivity contribution in [3.05, 3.63) is 35.9 Å². The van der Waals surface area contributed by atoms with Gasteiger partial charge in [0.15, 0.2) is 0 Å². The van der Waals surface area contributed by atoms with Crippen molar-refractivity contribution in [3.8, 4) is 0 Å². The number of esters is 1. The molecule has 0 unspecified atom stereocenters. The summed E-state index contributed by atoms with van der Waals surface area (Å²) in [5, 5.41) is 0. The lowest BCUT2D eigenvalue weighted by Gasteiger charge is -2.28. The van der Waals surface area contributed by atoms with Crippen molar-refractivity contribution in [3.63, 3.8) is 0 Å². The number of benzene rings is 1. The molecule has 1 aliphatic carbocycles. The SMILES string of the molecule is CN1CC[C@@H](OC(=O)C2(c3ccccc3)CCCC2)C1. The smallest absolute Gasteiger partial charge is 0.316 e. The largest absolute Gasteiger partial charge is 0.460 e. The van der Waals surface area contributed by atoms with Crippen LogP contribution in [-0.2, 0) is 14.9 Å². The molecule has 0 amide bonds. The predicted molar refractivity (Wildman–Crippen MR) is 78.6 cm³/mol. The summed E-state index contributed by atoms with van der Waals surface area (Å²) < 4.78 is 5.84. The Morgan fingerprint density at radius 2 is 1.95 bits per heavy atom. The van der Waals surface area contributed by atoms with Gasteiger partial charge in [-0.3, -0.25) is 4.79 Å². The van der Waals surface area contributed by atoms with Crippen LogP contribution in [0.3, 0.4) is 0 Å². The Bertz CT molecular complexity index is 465. The Labute approximate surface area is 120 Å². The van der Waals surface area contributed by atoms with Crippen molar-refractivity contribution in [1.29, 1.82) is 0 Å². The Morgan fingerprint density at radius 3 is 2.55 bits per heavy atom. The summed E-state index contributed by atoms with van der Waals surface area (Å²) in [5.41, 5.74) is 0.747. The van der Waals surface area contributed by atoms with Crippen LogP contribution in [0.1, 0.15) is 37.7 Å². The normalized spacial score (nSPS) is 25.8. The number of nitrogens with zero attached hydrogens (tertiary/aromatic N) is 1. The number of likely N-dealkylation sites (N-methyl/N-ethyl adjacent to an activating group) is 1.